The van der Waals surface area contributed by atoms with Crippen molar-refractivity contribution in [2.45, 2.75) is 91.4 Å². The van der Waals surface area contributed by atoms with Crippen LogP contribution in [0.1, 0.15) is 91.4 Å². The molecule has 0 saturated heterocycles. The van der Waals surface area contributed by atoms with Crippen molar-refractivity contribution in [3.63, 3.8) is 0 Å². The van der Waals surface area contributed by atoms with Crippen LogP contribution in [0.3, 0.4) is 0 Å². The monoisotopic (exact) mass is 268 g/mol. The topological polar surface area (TPSA) is 35.8 Å². The van der Waals surface area contributed by atoms with Crippen molar-refractivity contribution in [1.29, 1.82) is 5.26 Å². The predicted octanol–water partition coefficient (Wildman–Crippen LogP) is 5.44. The number of rotatable bonds is 13. The third-order valence-corrected chi connectivity index (χ3v) is 3.13. The summed E-state index contributed by atoms with van der Waals surface area (Å²) in [6, 6.07) is 1.75. The van der Waals surface area contributed by atoms with Gasteiger partial charge in [0.15, 0.2) is 0 Å². The van der Waals surface area contributed by atoms with E-state index in [0.29, 0.717) is 0 Å². The van der Waals surface area contributed by atoms with Crippen molar-refractivity contribution in [1.82, 2.24) is 5.32 Å². The third kappa shape index (κ3) is 26.9. The lowest BCUT2D eigenvalue weighted by atomic mass is 10.1. The Bertz CT molecular complexity index is 159. The number of unbranched alkanes of at least 4 members (excludes halogenated alkanes) is 9. The zero-order valence-corrected chi connectivity index (χ0v) is 13.6. The summed E-state index contributed by atoms with van der Waals surface area (Å²) in [5, 5.41) is 10.8. The first-order valence-corrected chi connectivity index (χ1v) is 8.34. The predicted molar refractivity (Wildman–Crippen MR) is 86.3 cm³/mol. The van der Waals surface area contributed by atoms with Crippen molar-refractivity contribution >= 4 is 0 Å². The molecule has 0 unspecified atom stereocenters. The molecule has 0 aromatic heterocycles. The average molecular weight is 268 g/mol. The molecule has 0 saturated carbocycles. The van der Waals surface area contributed by atoms with E-state index in [2.05, 4.69) is 19.2 Å². The Morgan fingerprint density at radius 3 is 1.53 bits per heavy atom. The van der Waals surface area contributed by atoms with Crippen LogP contribution in [0.15, 0.2) is 0 Å². The van der Waals surface area contributed by atoms with Crippen LogP contribution >= 0.6 is 0 Å². The van der Waals surface area contributed by atoms with E-state index in [1.165, 1.54) is 90.6 Å². The molecule has 2 heteroatoms. The van der Waals surface area contributed by atoms with Crippen LogP contribution in [0.2, 0.25) is 0 Å². The van der Waals surface area contributed by atoms with Gasteiger partial charge in [-0.3, -0.25) is 0 Å². The van der Waals surface area contributed by atoms with Crippen molar-refractivity contribution in [3.05, 3.63) is 0 Å². The van der Waals surface area contributed by atoms with Crippen molar-refractivity contribution in [3.8, 4) is 6.07 Å². The highest BCUT2D eigenvalue weighted by Gasteiger charge is 1.92. The summed E-state index contributed by atoms with van der Waals surface area (Å²) < 4.78 is 0. The maximum absolute atomic E-state index is 7.32. The SMILES string of the molecule is CC#N.CCCCCCCCCCCCNCCC. The minimum Gasteiger partial charge on any atom is -0.317 e. The van der Waals surface area contributed by atoms with Gasteiger partial charge in [-0.1, -0.05) is 71.6 Å². The molecule has 19 heavy (non-hydrogen) atoms. The Kier molecular flexibility index (Phi) is 24.7. The molecule has 0 heterocycles. The van der Waals surface area contributed by atoms with Crippen LogP contribution in [0.25, 0.3) is 0 Å². The Hall–Kier alpha value is -0.550. The first-order valence-electron chi connectivity index (χ1n) is 8.34. The standard InChI is InChI=1S/C15H33N.C2H3N/c1-3-5-6-7-8-9-10-11-12-13-15-16-14-4-2;1-2-3/h16H,3-15H2,1-2H3;1H3. The molecule has 0 radical (unpaired) electrons. The summed E-state index contributed by atoms with van der Waals surface area (Å²) in [5.41, 5.74) is 0. The molecule has 0 bridgehead atoms. The zero-order valence-electron chi connectivity index (χ0n) is 13.6. The van der Waals surface area contributed by atoms with Crippen molar-refractivity contribution < 1.29 is 0 Å². The average Bonchev–Trinajstić information content (AvgIpc) is 2.41. The summed E-state index contributed by atoms with van der Waals surface area (Å²) in [6.45, 7) is 8.36. The van der Waals surface area contributed by atoms with Gasteiger partial charge in [-0.2, -0.15) is 5.26 Å². The van der Waals surface area contributed by atoms with Crippen LogP contribution in [0, 0.1) is 11.3 Å². The van der Waals surface area contributed by atoms with Gasteiger partial charge < -0.3 is 5.32 Å². The fourth-order valence-corrected chi connectivity index (χ4v) is 2.04. The molecule has 1 N–H and O–H groups in total. The van der Waals surface area contributed by atoms with E-state index in [4.69, 9.17) is 5.26 Å². The van der Waals surface area contributed by atoms with Gasteiger partial charge in [-0.25, -0.2) is 0 Å². The molecule has 0 atom stereocenters. The van der Waals surface area contributed by atoms with Crippen LogP contribution in [-0.2, 0) is 0 Å². The second kappa shape index (κ2) is 22.6. The molecule has 0 aliphatic heterocycles. The van der Waals surface area contributed by atoms with Crippen LogP contribution in [-0.4, -0.2) is 13.1 Å². The summed E-state index contributed by atoms with van der Waals surface area (Å²) in [4.78, 5) is 0. The van der Waals surface area contributed by atoms with Crippen LogP contribution < -0.4 is 5.32 Å². The summed E-state index contributed by atoms with van der Waals surface area (Å²) in [6.07, 6.45) is 15.6. The quantitative estimate of drug-likeness (QED) is 0.452. The Labute approximate surface area is 122 Å². The molecule has 0 spiro atoms. The van der Waals surface area contributed by atoms with Gasteiger partial charge in [0.1, 0.15) is 0 Å². The fourth-order valence-electron chi connectivity index (χ4n) is 2.04. The highest BCUT2D eigenvalue weighted by atomic mass is 14.8. The summed E-state index contributed by atoms with van der Waals surface area (Å²) in [5.74, 6) is 0. The normalized spacial score (nSPS) is 9.58. The molecular weight excluding hydrogens is 232 g/mol. The molecule has 0 aliphatic rings. The number of nitrogens with zero attached hydrogens (tertiary/aromatic N) is 1. The molecule has 114 valence electrons. The van der Waals surface area contributed by atoms with Gasteiger partial charge in [0.2, 0.25) is 0 Å². The van der Waals surface area contributed by atoms with Gasteiger partial charge in [0, 0.05) is 6.92 Å². The Balaban J connectivity index is 0. The molecule has 2 nitrogen and oxygen atoms in total. The third-order valence-electron chi connectivity index (χ3n) is 3.13. The maximum Gasteiger partial charge on any atom is 0.0587 e. The fraction of sp³-hybridized carbons (Fsp3) is 0.941. The lowest BCUT2D eigenvalue weighted by molar-refractivity contribution is 0.543. The van der Waals surface area contributed by atoms with Gasteiger partial charge >= 0.3 is 0 Å². The van der Waals surface area contributed by atoms with E-state index in [9.17, 15) is 0 Å². The van der Waals surface area contributed by atoms with Crippen LogP contribution in [0.4, 0.5) is 0 Å². The molecule has 0 amide bonds. The minimum atomic E-state index is 1.19. The summed E-state index contributed by atoms with van der Waals surface area (Å²) in [7, 11) is 0. The lowest BCUT2D eigenvalue weighted by Gasteiger charge is -2.03. The van der Waals surface area contributed by atoms with Gasteiger partial charge in [-0.05, 0) is 25.9 Å². The van der Waals surface area contributed by atoms with E-state index < -0.39 is 0 Å². The van der Waals surface area contributed by atoms with Crippen LogP contribution in [0.5, 0.6) is 0 Å². The number of hydrogen-bond donors (Lipinski definition) is 1. The molecular formula is C17H36N2. The molecule has 0 aliphatic carbocycles. The highest BCUT2D eigenvalue weighted by Crippen LogP contribution is 2.10. The van der Waals surface area contributed by atoms with E-state index >= 15 is 0 Å². The second-order valence-electron chi connectivity index (χ2n) is 5.16. The van der Waals surface area contributed by atoms with Gasteiger partial charge in [-0.15, -0.1) is 0 Å². The zero-order chi connectivity index (χ0) is 14.6. The largest absolute Gasteiger partial charge is 0.317 e. The van der Waals surface area contributed by atoms with E-state index in [-0.39, 0.29) is 0 Å². The second-order valence-corrected chi connectivity index (χ2v) is 5.16. The first-order chi connectivity index (χ1) is 9.33. The summed E-state index contributed by atoms with van der Waals surface area (Å²) >= 11 is 0. The number of nitriles is 1. The molecule has 0 aromatic carbocycles. The highest BCUT2D eigenvalue weighted by molar-refractivity contribution is 4.51. The van der Waals surface area contributed by atoms with E-state index in [1.807, 2.05) is 0 Å². The van der Waals surface area contributed by atoms with E-state index in [1.54, 1.807) is 6.07 Å². The minimum absolute atomic E-state index is 1.19. The van der Waals surface area contributed by atoms with Gasteiger partial charge in [0.05, 0.1) is 6.07 Å². The Morgan fingerprint density at radius 1 is 0.684 bits per heavy atom. The number of hydrogen-bond acceptors (Lipinski definition) is 2. The van der Waals surface area contributed by atoms with Crippen molar-refractivity contribution in [2.75, 3.05) is 13.1 Å². The maximum atomic E-state index is 7.32. The Morgan fingerprint density at radius 2 is 1.11 bits per heavy atom. The van der Waals surface area contributed by atoms with E-state index in [0.717, 1.165) is 0 Å². The first kappa shape index (κ1) is 20.8. The molecule has 0 aromatic rings. The number of nitrogens with one attached hydrogen (secondary N) is 1. The lowest BCUT2D eigenvalue weighted by Crippen LogP contribution is -2.15. The van der Waals surface area contributed by atoms with Crippen molar-refractivity contribution in [2.24, 2.45) is 0 Å². The molecule has 0 rings (SSSR count). The molecule has 0 fully saturated rings. The smallest absolute Gasteiger partial charge is 0.0587 e. The van der Waals surface area contributed by atoms with Gasteiger partial charge in [0.25, 0.3) is 0 Å².